The predicted octanol–water partition coefficient (Wildman–Crippen LogP) is 2.60. The highest BCUT2D eigenvalue weighted by atomic mass is 16.5. The predicted molar refractivity (Wildman–Crippen MR) is 103 cm³/mol. The van der Waals surface area contributed by atoms with Gasteiger partial charge in [0.25, 0.3) is 5.91 Å². The molecule has 1 aliphatic heterocycles. The van der Waals surface area contributed by atoms with Crippen LogP contribution in [0, 0.1) is 0 Å². The van der Waals surface area contributed by atoms with Crippen molar-refractivity contribution >= 4 is 11.8 Å². The summed E-state index contributed by atoms with van der Waals surface area (Å²) < 4.78 is 11.5. The van der Waals surface area contributed by atoms with Gasteiger partial charge in [0.1, 0.15) is 18.0 Å². The Hall–Kier alpha value is -2.08. The SMILES string of the molecule is CC(C)Oc1ccc2c(c1)[C@H](NC(=O)[C@@H]1CC[C@H](C(=O)N(C)C)O1)CCC2. The third-order valence-electron chi connectivity index (χ3n) is 5.15. The van der Waals surface area contributed by atoms with Crippen LogP contribution in [-0.2, 0) is 20.7 Å². The highest BCUT2D eigenvalue weighted by Gasteiger charge is 2.36. The zero-order valence-electron chi connectivity index (χ0n) is 16.7. The molecule has 6 nitrogen and oxygen atoms in total. The van der Waals surface area contributed by atoms with E-state index in [1.807, 2.05) is 26.0 Å². The summed E-state index contributed by atoms with van der Waals surface area (Å²) in [6, 6.07) is 6.11. The van der Waals surface area contributed by atoms with Crippen molar-refractivity contribution < 1.29 is 19.1 Å². The Labute approximate surface area is 161 Å². The van der Waals surface area contributed by atoms with Gasteiger partial charge in [0.05, 0.1) is 12.1 Å². The normalized spacial score (nSPS) is 24.4. The molecule has 148 valence electrons. The summed E-state index contributed by atoms with van der Waals surface area (Å²) in [5, 5.41) is 3.14. The first-order valence-electron chi connectivity index (χ1n) is 9.81. The number of aryl methyl sites for hydroxylation is 1. The zero-order chi connectivity index (χ0) is 19.6. The summed E-state index contributed by atoms with van der Waals surface area (Å²) >= 11 is 0. The number of nitrogens with one attached hydrogen (secondary N) is 1. The summed E-state index contributed by atoms with van der Waals surface area (Å²) in [6.07, 6.45) is 3.15. The Morgan fingerprint density at radius 1 is 1.19 bits per heavy atom. The molecular formula is C21H30N2O4. The molecule has 1 N–H and O–H groups in total. The number of benzene rings is 1. The van der Waals surface area contributed by atoms with E-state index in [0.29, 0.717) is 12.8 Å². The maximum Gasteiger partial charge on any atom is 0.251 e. The molecule has 3 atom stereocenters. The quantitative estimate of drug-likeness (QED) is 0.860. The first-order chi connectivity index (χ1) is 12.8. The zero-order valence-corrected chi connectivity index (χ0v) is 16.7. The number of rotatable bonds is 5. The number of ether oxygens (including phenoxy) is 2. The molecule has 6 heteroatoms. The topological polar surface area (TPSA) is 67.9 Å². The van der Waals surface area contributed by atoms with E-state index in [-0.39, 0.29) is 24.0 Å². The third-order valence-corrected chi connectivity index (χ3v) is 5.15. The number of carbonyl (C=O) groups excluding carboxylic acids is 2. The number of carbonyl (C=O) groups is 2. The van der Waals surface area contributed by atoms with Gasteiger partial charge >= 0.3 is 0 Å². The molecule has 0 bridgehead atoms. The van der Waals surface area contributed by atoms with Gasteiger partial charge in [-0.15, -0.1) is 0 Å². The van der Waals surface area contributed by atoms with Crippen LogP contribution in [-0.4, -0.2) is 49.1 Å². The molecule has 0 spiro atoms. The Morgan fingerprint density at radius 2 is 1.93 bits per heavy atom. The van der Waals surface area contributed by atoms with Crippen LogP contribution in [0.1, 0.15) is 56.7 Å². The lowest BCUT2D eigenvalue weighted by atomic mass is 9.87. The largest absolute Gasteiger partial charge is 0.491 e. The van der Waals surface area contributed by atoms with Crippen molar-refractivity contribution in [2.24, 2.45) is 0 Å². The second-order valence-corrected chi connectivity index (χ2v) is 7.90. The highest BCUT2D eigenvalue weighted by molar-refractivity contribution is 5.85. The fourth-order valence-electron chi connectivity index (χ4n) is 3.84. The van der Waals surface area contributed by atoms with Crippen molar-refractivity contribution in [2.75, 3.05) is 14.1 Å². The Kier molecular flexibility index (Phi) is 6.05. The van der Waals surface area contributed by atoms with E-state index >= 15 is 0 Å². The molecular weight excluding hydrogens is 344 g/mol. The molecule has 1 aromatic rings. The molecule has 2 amide bonds. The van der Waals surface area contributed by atoms with Gasteiger partial charge in [-0.2, -0.15) is 0 Å². The van der Waals surface area contributed by atoms with E-state index in [2.05, 4.69) is 11.4 Å². The number of hydrogen-bond acceptors (Lipinski definition) is 4. The first-order valence-corrected chi connectivity index (χ1v) is 9.81. The van der Waals surface area contributed by atoms with Crippen LogP contribution >= 0.6 is 0 Å². The Balaban J connectivity index is 1.67. The van der Waals surface area contributed by atoms with Crippen molar-refractivity contribution in [1.82, 2.24) is 10.2 Å². The highest BCUT2D eigenvalue weighted by Crippen LogP contribution is 2.33. The van der Waals surface area contributed by atoms with E-state index < -0.39 is 12.2 Å². The van der Waals surface area contributed by atoms with Gasteiger partial charge in [-0.1, -0.05) is 6.07 Å². The van der Waals surface area contributed by atoms with Crippen molar-refractivity contribution in [3.05, 3.63) is 29.3 Å². The lowest BCUT2D eigenvalue weighted by Crippen LogP contribution is -2.40. The summed E-state index contributed by atoms with van der Waals surface area (Å²) in [4.78, 5) is 26.3. The maximum absolute atomic E-state index is 12.7. The van der Waals surface area contributed by atoms with Gasteiger partial charge in [-0.05, 0) is 69.2 Å². The van der Waals surface area contributed by atoms with E-state index in [9.17, 15) is 9.59 Å². The molecule has 0 unspecified atom stereocenters. The minimum Gasteiger partial charge on any atom is -0.491 e. The maximum atomic E-state index is 12.7. The minimum atomic E-state index is -0.556. The molecule has 2 aliphatic rings. The second-order valence-electron chi connectivity index (χ2n) is 7.90. The standard InChI is InChI=1S/C21H30N2O4/c1-13(2)26-15-9-8-14-6-5-7-17(16(14)12-15)22-20(24)18-10-11-19(27-18)21(25)23(3)4/h8-9,12-13,17-19H,5-7,10-11H2,1-4H3,(H,22,24)/t17-,18+,19-/m1/s1. The smallest absolute Gasteiger partial charge is 0.251 e. The molecule has 27 heavy (non-hydrogen) atoms. The minimum absolute atomic E-state index is 0.0378. The van der Waals surface area contributed by atoms with Gasteiger partial charge in [-0.3, -0.25) is 9.59 Å². The molecule has 0 saturated carbocycles. The fraction of sp³-hybridized carbons (Fsp3) is 0.619. The van der Waals surface area contributed by atoms with Crippen LogP contribution < -0.4 is 10.1 Å². The van der Waals surface area contributed by atoms with E-state index in [1.165, 1.54) is 10.5 Å². The molecule has 0 radical (unpaired) electrons. The average Bonchev–Trinajstić information content (AvgIpc) is 3.11. The third kappa shape index (κ3) is 4.61. The molecule has 1 fully saturated rings. The van der Waals surface area contributed by atoms with E-state index in [0.717, 1.165) is 30.6 Å². The van der Waals surface area contributed by atoms with Crippen LogP contribution in [0.25, 0.3) is 0 Å². The Morgan fingerprint density at radius 3 is 2.63 bits per heavy atom. The Bertz CT molecular complexity index is 701. The number of nitrogens with zero attached hydrogens (tertiary/aromatic N) is 1. The van der Waals surface area contributed by atoms with Crippen LogP contribution in [0.3, 0.4) is 0 Å². The average molecular weight is 374 g/mol. The fourth-order valence-corrected chi connectivity index (χ4v) is 3.84. The molecule has 1 aliphatic carbocycles. The van der Waals surface area contributed by atoms with Gasteiger partial charge in [0.15, 0.2) is 0 Å². The van der Waals surface area contributed by atoms with Crippen LogP contribution in [0.4, 0.5) is 0 Å². The van der Waals surface area contributed by atoms with Crippen LogP contribution in [0.2, 0.25) is 0 Å². The van der Waals surface area contributed by atoms with E-state index in [4.69, 9.17) is 9.47 Å². The van der Waals surface area contributed by atoms with Crippen molar-refractivity contribution in [3.63, 3.8) is 0 Å². The van der Waals surface area contributed by atoms with Crippen LogP contribution in [0.15, 0.2) is 18.2 Å². The van der Waals surface area contributed by atoms with Gasteiger partial charge in [0, 0.05) is 14.1 Å². The summed E-state index contributed by atoms with van der Waals surface area (Å²) in [7, 11) is 3.41. The first kappa shape index (κ1) is 19.7. The number of fused-ring (bicyclic) bond motifs is 1. The lowest BCUT2D eigenvalue weighted by molar-refractivity contribution is -0.144. The number of hydrogen-bond donors (Lipinski definition) is 1. The number of likely N-dealkylation sites (N-methyl/N-ethyl adjacent to an activating group) is 1. The molecule has 1 aromatic carbocycles. The molecule has 3 rings (SSSR count). The van der Waals surface area contributed by atoms with Crippen LogP contribution in [0.5, 0.6) is 5.75 Å². The monoisotopic (exact) mass is 374 g/mol. The molecule has 1 heterocycles. The van der Waals surface area contributed by atoms with Gasteiger partial charge < -0.3 is 19.7 Å². The van der Waals surface area contributed by atoms with Crippen molar-refractivity contribution in [2.45, 2.75) is 70.3 Å². The molecule has 1 saturated heterocycles. The molecule has 0 aromatic heterocycles. The van der Waals surface area contributed by atoms with Crippen molar-refractivity contribution in [1.29, 1.82) is 0 Å². The number of amides is 2. The van der Waals surface area contributed by atoms with Gasteiger partial charge in [-0.25, -0.2) is 0 Å². The van der Waals surface area contributed by atoms with Crippen molar-refractivity contribution in [3.8, 4) is 5.75 Å². The van der Waals surface area contributed by atoms with E-state index in [1.54, 1.807) is 14.1 Å². The summed E-state index contributed by atoms with van der Waals surface area (Å²) in [6.45, 7) is 4.00. The summed E-state index contributed by atoms with van der Waals surface area (Å²) in [5.41, 5.74) is 2.39. The lowest BCUT2D eigenvalue weighted by Gasteiger charge is -2.28. The van der Waals surface area contributed by atoms with Gasteiger partial charge in [0.2, 0.25) is 5.91 Å². The summed E-state index contributed by atoms with van der Waals surface area (Å²) in [5.74, 6) is 0.625. The second kappa shape index (κ2) is 8.30.